The lowest BCUT2D eigenvalue weighted by molar-refractivity contribution is -0.114. The van der Waals surface area contributed by atoms with E-state index >= 15 is 0 Å². The third-order valence-corrected chi connectivity index (χ3v) is 5.28. The van der Waals surface area contributed by atoms with Crippen LogP contribution in [0.2, 0.25) is 0 Å². The number of hydrogen-bond acceptors (Lipinski definition) is 4. The van der Waals surface area contributed by atoms with E-state index in [9.17, 15) is 13.6 Å². The second-order valence-corrected chi connectivity index (χ2v) is 7.26. The lowest BCUT2D eigenvalue weighted by atomic mass is 9.66. The molecule has 2 aliphatic rings. The van der Waals surface area contributed by atoms with Crippen molar-refractivity contribution >= 4 is 23.2 Å². The average Bonchev–Trinajstić information content (AvgIpc) is 2.88. The number of pyridine rings is 2. The monoisotopic (exact) mass is 358 g/mol. The van der Waals surface area contributed by atoms with Crippen molar-refractivity contribution in [2.24, 2.45) is 0 Å². The fourth-order valence-corrected chi connectivity index (χ4v) is 3.85. The molecule has 2 aromatic rings. The number of nitrogens with one attached hydrogen (secondary N) is 1. The van der Waals surface area contributed by atoms with Crippen molar-refractivity contribution in [2.75, 3.05) is 16.8 Å². The van der Waals surface area contributed by atoms with Gasteiger partial charge in [-0.05, 0) is 25.0 Å². The summed E-state index contributed by atoms with van der Waals surface area (Å²) < 4.78 is 27.4. The fourth-order valence-electron chi connectivity index (χ4n) is 3.85. The van der Waals surface area contributed by atoms with Crippen molar-refractivity contribution in [1.29, 1.82) is 0 Å². The second kappa shape index (κ2) is 5.72. The number of anilines is 3. The van der Waals surface area contributed by atoms with Crippen LogP contribution in [0.5, 0.6) is 0 Å². The van der Waals surface area contributed by atoms with Crippen LogP contribution in [0.1, 0.15) is 44.4 Å². The van der Waals surface area contributed by atoms with E-state index in [0.717, 1.165) is 37.4 Å². The first-order chi connectivity index (χ1) is 12.3. The molecular formula is C19H20F2N4O. The molecule has 0 saturated heterocycles. The SMILES string of the molecule is CC(=O)Nc1cc2c(cn1)C1(CCC1)CN2c1cccc(C(C)(F)F)n1. The van der Waals surface area contributed by atoms with Crippen molar-refractivity contribution in [2.45, 2.75) is 44.4 Å². The molecule has 4 rings (SSSR count). The quantitative estimate of drug-likeness (QED) is 0.897. The minimum absolute atomic E-state index is 0.00348. The number of hydrogen-bond donors (Lipinski definition) is 1. The molecule has 5 nitrogen and oxygen atoms in total. The number of amides is 1. The van der Waals surface area contributed by atoms with Gasteiger partial charge in [0, 0.05) is 43.6 Å². The summed E-state index contributed by atoms with van der Waals surface area (Å²) >= 11 is 0. The molecule has 7 heteroatoms. The van der Waals surface area contributed by atoms with E-state index in [1.807, 2.05) is 11.0 Å². The molecule has 1 N–H and O–H groups in total. The minimum atomic E-state index is -2.99. The topological polar surface area (TPSA) is 58.1 Å². The van der Waals surface area contributed by atoms with Gasteiger partial charge in [0.15, 0.2) is 0 Å². The van der Waals surface area contributed by atoms with Gasteiger partial charge in [0.25, 0.3) is 5.92 Å². The van der Waals surface area contributed by atoms with Gasteiger partial charge in [-0.3, -0.25) is 4.79 Å². The van der Waals surface area contributed by atoms with E-state index in [-0.39, 0.29) is 17.0 Å². The van der Waals surface area contributed by atoms with Crippen LogP contribution in [0.4, 0.5) is 26.1 Å². The summed E-state index contributed by atoms with van der Waals surface area (Å²) in [5.74, 6) is -2.25. The molecule has 0 unspecified atom stereocenters. The maximum absolute atomic E-state index is 13.7. The van der Waals surface area contributed by atoms with Gasteiger partial charge in [0.1, 0.15) is 17.3 Å². The third-order valence-electron chi connectivity index (χ3n) is 5.28. The zero-order valence-corrected chi connectivity index (χ0v) is 14.7. The fraction of sp³-hybridized carbons (Fsp3) is 0.421. The van der Waals surface area contributed by atoms with Crippen molar-refractivity contribution in [1.82, 2.24) is 9.97 Å². The first-order valence-electron chi connectivity index (χ1n) is 8.70. The summed E-state index contributed by atoms with van der Waals surface area (Å²) in [6.45, 7) is 2.97. The predicted molar refractivity (Wildman–Crippen MR) is 94.9 cm³/mol. The summed E-state index contributed by atoms with van der Waals surface area (Å²) in [5.41, 5.74) is 1.74. The zero-order valence-electron chi connectivity index (χ0n) is 14.7. The Morgan fingerprint density at radius 2 is 2.12 bits per heavy atom. The van der Waals surface area contributed by atoms with E-state index in [4.69, 9.17) is 0 Å². The van der Waals surface area contributed by atoms with Crippen LogP contribution < -0.4 is 10.2 Å². The van der Waals surface area contributed by atoms with Gasteiger partial charge in [-0.25, -0.2) is 9.97 Å². The Kier molecular flexibility index (Phi) is 3.71. The molecule has 3 heterocycles. The predicted octanol–water partition coefficient (Wildman–Crippen LogP) is 4.12. The number of aromatic nitrogens is 2. The first kappa shape index (κ1) is 16.9. The highest BCUT2D eigenvalue weighted by Crippen LogP contribution is 2.54. The van der Waals surface area contributed by atoms with Gasteiger partial charge in [0.05, 0.1) is 5.69 Å². The van der Waals surface area contributed by atoms with E-state index in [1.54, 1.807) is 18.3 Å². The molecule has 1 fully saturated rings. The molecule has 1 aliphatic heterocycles. The second-order valence-electron chi connectivity index (χ2n) is 7.26. The Morgan fingerprint density at radius 3 is 2.73 bits per heavy atom. The summed E-state index contributed by atoms with van der Waals surface area (Å²) in [6.07, 6.45) is 5.03. The van der Waals surface area contributed by atoms with Crippen LogP contribution in [0, 0.1) is 0 Å². The van der Waals surface area contributed by atoms with E-state index in [1.165, 1.54) is 13.0 Å². The van der Waals surface area contributed by atoms with Crippen molar-refractivity contribution in [3.63, 3.8) is 0 Å². The smallest absolute Gasteiger partial charge is 0.287 e. The van der Waals surface area contributed by atoms with Gasteiger partial charge in [0.2, 0.25) is 5.91 Å². The van der Waals surface area contributed by atoms with E-state index < -0.39 is 5.92 Å². The highest BCUT2D eigenvalue weighted by molar-refractivity contribution is 5.88. The van der Waals surface area contributed by atoms with Gasteiger partial charge < -0.3 is 10.2 Å². The highest BCUT2D eigenvalue weighted by atomic mass is 19.3. The molecule has 1 amide bonds. The van der Waals surface area contributed by atoms with Crippen LogP contribution in [0.3, 0.4) is 0 Å². The normalized spacial score (nSPS) is 17.8. The molecule has 2 aromatic heterocycles. The molecule has 136 valence electrons. The molecule has 0 aromatic carbocycles. The molecule has 1 spiro atoms. The Hall–Kier alpha value is -2.57. The molecule has 26 heavy (non-hydrogen) atoms. The number of carbonyl (C=O) groups excluding carboxylic acids is 1. The molecule has 0 radical (unpaired) electrons. The van der Waals surface area contributed by atoms with E-state index in [0.29, 0.717) is 18.2 Å². The molecule has 0 atom stereocenters. The number of nitrogens with zero attached hydrogens (tertiary/aromatic N) is 3. The summed E-state index contributed by atoms with van der Waals surface area (Å²) in [4.78, 5) is 21.9. The van der Waals surface area contributed by atoms with Crippen LogP contribution in [0.25, 0.3) is 0 Å². The molecular weight excluding hydrogens is 338 g/mol. The standard InChI is InChI=1S/C19H20F2N4O/c1-12(26)23-16-9-14-13(10-22-16)19(7-4-8-19)11-25(14)17-6-3-5-15(24-17)18(2,20)21/h3,5-6,9-10H,4,7-8,11H2,1-2H3,(H,22,23,26). The number of fused-ring (bicyclic) bond motifs is 2. The van der Waals surface area contributed by atoms with Crippen LogP contribution in [-0.2, 0) is 16.1 Å². The first-order valence-corrected chi connectivity index (χ1v) is 8.70. The zero-order chi connectivity index (χ0) is 18.5. The summed E-state index contributed by atoms with van der Waals surface area (Å²) in [5, 5.41) is 2.69. The molecule has 0 bridgehead atoms. The largest absolute Gasteiger partial charge is 0.325 e. The lowest BCUT2D eigenvalue weighted by Gasteiger charge is -2.38. The van der Waals surface area contributed by atoms with Crippen molar-refractivity contribution in [3.05, 3.63) is 41.7 Å². The van der Waals surface area contributed by atoms with Crippen molar-refractivity contribution in [3.8, 4) is 0 Å². The molecule has 1 saturated carbocycles. The van der Waals surface area contributed by atoms with Gasteiger partial charge in [-0.1, -0.05) is 12.5 Å². The Morgan fingerprint density at radius 1 is 1.35 bits per heavy atom. The molecule has 1 aliphatic carbocycles. The number of carbonyl (C=O) groups is 1. The summed E-state index contributed by atoms with van der Waals surface area (Å²) in [7, 11) is 0. The highest BCUT2D eigenvalue weighted by Gasteiger charge is 2.48. The van der Waals surface area contributed by atoms with Crippen LogP contribution in [0.15, 0.2) is 30.5 Å². The number of rotatable bonds is 3. The number of alkyl halides is 2. The Balaban J connectivity index is 1.78. The Bertz CT molecular complexity index is 874. The summed E-state index contributed by atoms with van der Waals surface area (Å²) in [6, 6.07) is 6.50. The van der Waals surface area contributed by atoms with E-state index in [2.05, 4.69) is 15.3 Å². The van der Waals surface area contributed by atoms with Crippen molar-refractivity contribution < 1.29 is 13.6 Å². The third kappa shape index (κ3) is 2.71. The van der Waals surface area contributed by atoms with Crippen LogP contribution >= 0.6 is 0 Å². The van der Waals surface area contributed by atoms with Gasteiger partial charge in [-0.2, -0.15) is 8.78 Å². The van der Waals surface area contributed by atoms with Crippen LogP contribution in [-0.4, -0.2) is 22.4 Å². The average molecular weight is 358 g/mol. The van der Waals surface area contributed by atoms with Gasteiger partial charge >= 0.3 is 0 Å². The number of halogens is 2. The van der Waals surface area contributed by atoms with Gasteiger partial charge in [-0.15, -0.1) is 0 Å². The Labute approximate surface area is 150 Å². The maximum atomic E-state index is 13.7. The maximum Gasteiger partial charge on any atom is 0.287 e. The lowest BCUT2D eigenvalue weighted by Crippen LogP contribution is -2.38. The minimum Gasteiger partial charge on any atom is -0.325 e.